The van der Waals surface area contributed by atoms with Gasteiger partial charge in [-0.2, -0.15) is 0 Å². The standard InChI is InChI=1S/C17H24N2O/c1-12(2)13-8-10-19(11-13)17(20)15-7-9-18-16-6-4-3-5-14(15)16/h3-6,12-13,15,18H,7-11H2,1-2H3. The second-order valence-electron chi connectivity index (χ2n) is 6.43. The Labute approximate surface area is 121 Å². The lowest BCUT2D eigenvalue weighted by molar-refractivity contribution is -0.132. The molecule has 3 rings (SSSR count). The van der Waals surface area contributed by atoms with Gasteiger partial charge in [0.2, 0.25) is 5.91 Å². The largest absolute Gasteiger partial charge is 0.385 e. The van der Waals surface area contributed by atoms with Crippen LogP contribution in [0.2, 0.25) is 0 Å². The maximum atomic E-state index is 12.8. The molecule has 1 aromatic carbocycles. The Morgan fingerprint density at radius 1 is 1.30 bits per heavy atom. The predicted molar refractivity (Wildman–Crippen MR) is 81.8 cm³/mol. The molecule has 2 aliphatic rings. The van der Waals surface area contributed by atoms with Crippen molar-refractivity contribution in [3.8, 4) is 0 Å². The minimum Gasteiger partial charge on any atom is -0.385 e. The summed E-state index contributed by atoms with van der Waals surface area (Å²) < 4.78 is 0. The molecule has 0 spiro atoms. The first kappa shape index (κ1) is 13.5. The molecule has 1 amide bonds. The average molecular weight is 272 g/mol. The number of nitrogens with zero attached hydrogens (tertiary/aromatic N) is 1. The van der Waals surface area contributed by atoms with Gasteiger partial charge in [0, 0.05) is 25.3 Å². The summed E-state index contributed by atoms with van der Waals surface area (Å²) in [7, 11) is 0. The number of nitrogens with one attached hydrogen (secondary N) is 1. The Bertz CT molecular complexity index is 498. The molecule has 1 aromatic rings. The third-order valence-electron chi connectivity index (χ3n) is 4.86. The van der Waals surface area contributed by atoms with Crippen LogP contribution in [0.5, 0.6) is 0 Å². The molecule has 2 atom stereocenters. The molecule has 1 saturated heterocycles. The van der Waals surface area contributed by atoms with Crippen molar-refractivity contribution in [1.82, 2.24) is 4.90 Å². The maximum Gasteiger partial charge on any atom is 0.230 e. The summed E-state index contributed by atoms with van der Waals surface area (Å²) >= 11 is 0. The molecular weight excluding hydrogens is 248 g/mol. The molecule has 3 heteroatoms. The highest BCUT2D eigenvalue weighted by atomic mass is 16.2. The Morgan fingerprint density at radius 2 is 2.10 bits per heavy atom. The topological polar surface area (TPSA) is 32.3 Å². The van der Waals surface area contributed by atoms with E-state index in [1.807, 2.05) is 12.1 Å². The number of hydrogen-bond donors (Lipinski definition) is 1. The number of likely N-dealkylation sites (tertiary alicyclic amines) is 1. The number of anilines is 1. The van der Waals surface area contributed by atoms with Crippen molar-refractivity contribution in [3.63, 3.8) is 0 Å². The van der Waals surface area contributed by atoms with E-state index in [0.29, 0.717) is 17.7 Å². The van der Waals surface area contributed by atoms with Gasteiger partial charge < -0.3 is 10.2 Å². The molecule has 3 nitrogen and oxygen atoms in total. The van der Waals surface area contributed by atoms with Gasteiger partial charge >= 0.3 is 0 Å². The molecule has 0 aromatic heterocycles. The second-order valence-corrected chi connectivity index (χ2v) is 6.43. The molecule has 2 heterocycles. The van der Waals surface area contributed by atoms with E-state index < -0.39 is 0 Å². The van der Waals surface area contributed by atoms with Crippen LogP contribution in [0.15, 0.2) is 24.3 Å². The summed E-state index contributed by atoms with van der Waals surface area (Å²) in [6, 6.07) is 8.24. The van der Waals surface area contributed by atoms with E-state index in [9.17, 15) is 4.79 Å². The van der Waals surface area contributed by atoms with Crippen LogP contribution in [0.1, 0.15) is 38.2 Å². The van der Waals surface area contributed by atoms with E-state index >= 15 is 0 Å². The van der Waals surface area contributed by atoms with Crippen LogP contribution < -0.4 is 5.32 Å². The van der Waals surface area contributed by atoms with Gasteiger partial charge in [0.25, 0.3) is 0 Å². The molecule has 0 saturated carbocycles. The van der Waals surface area contributed by atoms with Gasteiger partial charge in [-0.3, -0.25) is 4.79 Å². The first-order valence-electron chi connectivity index (χ1n) is 7.78. The van der Waals surface area contributed by atoms with Gasteiger partial charge in [-0.25, -0.2) is 0 Å². The lowest BCUT2D eigenvalue weighted by atomic mass is 9.89. The summed E-state index contributed by atoms with van der Waals surface area (Å²) in [5.74, 6) is 1.74. The lowest BCUT2D eigenvalue weighted by Gasteiger charge is -2.29. The molecule has 20 heavy (non-hydrogen) atoms. The quantitative estimate of drug-likeness (QED) is 0.897. The van der Waals surface area contributed by atoms with Gasteiger partial charge in [-0.1, -0.05) is 32.0 Å². The molecule has 2 unspecified atom stereocenters. The highest BCUT2D eigenvalue weighted by molar-refractivity contribution is 5.86. The molecule has 0 bridgehead atoms. The number of rotatable bonds is 2. The normalized spacial score (nSPS) is 25.4. The predicted octanol–water partition coefficient (Wildman–Crippen LogP) is 3.09. The van der Waals surface area contributed by atoms with Crippen molar-refractivity contribution >= 4 is 11.6 Å². The number of benzene rings is 1. The van der Waals surface area contributed by atoms with E-state index in [4.69, 9.17) is 0 Å². The van der Waals surface area contributed by atoms with E-state index in [2.05, 4.69) is 36.2 Å². The number of para-hydroxylation sites is 1. The minimum atomic E-state index is 0.0540. The molecule has 1 fully saturated rings. The monoisotopic (exact) mass is 272 g/mol. The van der Waals surface area contributed by atoms with Crippen LogP contribution in [0.25, 0.3) is 0 Å². The van der Waals surface area contributed by atoms with Crippen LogP contribution in [-0.4, -0.2) is 30.4 Å². The SMILES string of the molecule is CC(C)C1CCN(C(=O)C2CCNc3ccccc32)C1. The summed E-state index contributed by atoms with van der Waals surface area (Å²) in [6.45, 7) is 7.31. The summed E-state index contributed by atoms with van der Waals surface area (Å²) in [4.78, 5) is 14.9. The fourth-order valence-corrected chi connectivity index (χ4v) is 3.48. The molecule has 1 N–H and O–H groups in total. The Balaban J connectivity index is 1.76. The number of amides is 1. The van der Waals surface area contributed by atoms with Gasteiger partial charge in [-0.15, -0.1) is 0 Å². The Kier molecular flexibility index (Phi) is 3.68. The van der Waals surface area contributed by atoms with Gasteiger partial charge in [0.1, 0.15) is 0 Å². The summed E-state index contributed by atoms with van der Waals surface area (Å²) in [5, 5.41) is 3.39. The van der Waals surface area contributed by atoms with Gasteiger partial charge in [0.15, 0.2) is 0 Å². The van der Waals surface area contributed by atoms with E-state index in [1.54, 1.807) is 0 Å². The summed E-state index contributed by atoms with van der Waals surface area (Å²) in [6.07, 6.45) is 2.08. The van der Waals surface area contributed by atoms with E-state index in [1.165, 1.54) is 5.56 Å². The van der Waals surface area contributed by atoms with Crippen LogP contribution in [-0.2, 0) is 4.79 Å². The molecule has 0 aliphatic carbocycles. The van der Waals surface area contributed by atoms with Crippen molar-refractivity contribution in [3.05, 3.63) is 29.8 Å². The van der Waals surface area contributed by atoms with E-state index in [-0.39, 0.29) is 5.92 Å². The zero-order valence-electron chi connectivity index (χ0n) is 12.4. The minimum absolute atomic E-state index is 0.0540. The zero-order valence-corrected chi connectivity index (χ0v) is 12.4. The van der Waals surface area contributed by atoms with Crippen molar-refractivity contribution in [1.29, 1.82) is 0 Å². The van der Waals surface area contributed by atoms with Crippen molar-refractivity contribution in [2.45, 2.75) is 32.6 Å². The van der Waals surface area contributed by atoms with Crippen molar-refractivity contribution in [2.24, 2.45) is 11.8 Å². The van der Waals surface area contributed by atoms with Crippen LogP contribution in [0, 0.1) is 11.8 Å². The molecule has 2 aliphatic heterocycles. The molecule has 108 valence electrons. The molecule has 0 radical (unpaired) electrons. The first-order chi connectivity index (χ1) is 9.66. The smallest absolute Gasteiger partial charge is 0.230 e. The third-order valence-corrected chi connectivity index (χ3v) is 4.86. The van der Waals surface area contributed by atoms with Crippen molar-refractivity contribution < 1.29 is 4.79 Å². The van der Waals surface area contributed by atoms with E-state index in [0.717, 1.165) is 38.2 Å². The van der Waals surface area contributed by atoms with Gasteiger partial charge in [0.05, 0.1) is 5.92 Å². The first-order valence-corrected chi connectivity index (χ1v) is 7.78. The van der Waals surface area contributed by atoms with Gasteiger partial charge in [-0.05, 0) is 36.3 Å². The second kappa shape index (κ2) is 5.47. The Hall–Kier alpha value is -1.51. The fourth-order valence-electron chi connectivity index (χ4n) is 3.48. The fraction of sp³-hybridized carbons (Fsp3) is 0.588. The van der Waals surface area contributed by atoms with Crippen LogP contribution in [0.4, 0.5) is 5.69 Å². The molecular formula is C17H24N2O. The van der Waals surface area contributed by atoms with Crippen LogP contribution in [0.3, 0.4) is 0 Å². The zero-order chi connectivity index (χ0) is 14.1. The third kappa shape index (κ3) is 2.41. The summed E-state index contributed by atoms with van der Waals surface area (Å²) in [5.41, 5.74) is 2.31. The number of carbonyl (C=O) groups is 1. The lowest BCUT2D eigenvalue weighted by Crippen LogP contribution is -2.36. The highest BCUT2D eigenvalue weighted by Gasteiger charge is 2.34. The van der Waals surface area contributed by atoms with Crippen LogP contribution >= 0.6 is 0 Å². The number of carbonyl (C=O) groups excluding carboxylic acids is 1. The van der Waals surface area contributed by atoms with Crippen molar-refractivity contribution in [2.75, 3.05) is 25.0 Å². The highest BCUT2D eigenvalue weighted by Crippen LogP contribution is 2.34. The Morgan fingerprint density at radius 3 is 2.85 bits per heavy atom. The number of hydrogen-bond acceptors (Lipinski definition) is 2. The number of fused-ring (bicyclic) bond motifs is 1. The average Bonchev–Trinajstić information content (AvgIpc) is 2.96. The maximum absolute atomic E-state index is 12.8.